The van der Waals surface area contributed by atoms with E-state index in [2.05, 4.69) is 22.7 Å². The number of aliphatic hydroxyl groups excluding tert-OH is 1. The first-order valence-corrected chi connectivity index (χ1v) is 7.00. The van der Waals surface area contributed by atoms with Crippen LogP contribution in [0, 0.1) is 11.6 Å². The number of rotatable bonds is 5. The number of methoxy groups -OCH3 is 1. The highest BCUT2D eigenvalue weighted by Gasteiger charge is 2.35. The van der Waals surface area contributed by atoms with Gasteiger partial charge >= 0.3 is 5.97 Å². The fraction of sp³-hybridized carbons (Fsp3) is 0.286. The minimum absolute atomic E-state index is 0.00411. The van der Waals surface area contributed by atoms with Crippen molar-refractivity contribution in [3.05, 3.63) is 35.0 Å². The number of halogens is 2. The number of ether oxygens (including phenoxy) is 1. The number of hydrogen-bond acceptors (Lipinski definition) is 6. The lowest BCUT2D eigenvalue weighted by Gasteiger charge is -2.15. The van der Waals surface area contributed by atoms with Crippen LogP contribution in [0.3, 0.4) is 0 Å². The van der Waals surface area contributed by atoms with Crippen LogP contribution in [0.15, 0.2) is 28.3 Å². The first kappa shape index (κ1) is 17.2. The van der Waals surface area contributed by atoms with Crippen LogP contribution in [-0.4, -0.2) is 48.7 Å². The normalized spacial score (nSPS) is 14.5. The molecule has 0 radical (unpaired) electrons. The monoisotopic (exact) mass is 344 g/mol. The van der Waals surface area contributed by atoms with E-state index in [-0.39, 0.29) is 41.5 Å². The molecule has 1 aliphatic rings. The van der Waals surface area contributed by atoms with Crippen LogP contribution in [0.25, 0.3) is 0 Å². The highest BCUT2D eigenvalue weighted by molar-refractivity contribution is 7.80. The Bertz CT molecular complexity index is 670. The van der Waals surface area contributed by atoms with Gasteiger partial charge in [0, 0.05) is 17.5 Å². The number of carbonyl (C=O) groups excluding carboxylic acids is 2. The Labute approximate surface area is 136 Å². The van der Waals surface area contributed by atoms with Crippen molar-refractivity contribution in [2.24, 2.45) is 0 Å². The molecule has 1 aromatic rings. The Morgan fingerprint density at radius 3 is 2.74 bits per heavy atom. The summed E-state index contributed by atoms with van der Waals surface area (Å²) in [4.78, 5) is 25.2. The van der Waals surface area contributed by atoms with Gasteiger partial charge in [-0.25, -0.2) is 13.6 Å². The first-order valence-electron chi connectivity index (χ1n) is 6.55. The Hall–Kier alpha value is -2.13. The van der Waals surface area contributed by atoms with E-state index < -0.39 is 23.5 Å². The Morgan fingerprint density at radius 1 is 1.48 bits per heavy atom. The number of amides is 1. The van der Waals surface area contributed by atoms with Crippen LogP contribution in [0.4, 0.5) is 14.5 Å². The second kappa shape index (κ2) is 6.97. The molecule has 1 amide bonds. The van der Waals surface area contributed by atoms with Crippen molar-refractivity contribution in [3.8, 4) is 0 Å². The Kier molecular flexibility index (Phi) is 5.22. The molecule has 124 valence electrons. The summed E-state index contributed by atoms with van der Waals surface area (Å²) in [6.07, 6.45) is 0. The Balaban J connectivity index is 2.41. The number of β-amino-alcohol motifs (C(OH)–C–C–N with tert-alkyl or cyclic N) is 1. The SMILES string of the molecule is COC(=O)C1=C(Nc2c(F)cc(F)cc2S)C(=O)N(CCO)C1. The number of aliphatic hydroxyl groups is 1. The maximum Gasteiger partial charge on any atom is 0.337 e. The molecule has 1 heterocycles. The summed E-state index contributed by atoms with van der Waals surface area (Å²) in [7, 11) is 1.15. The zero-order chi connectivity index (χ0) is 17.1. The molecule has 2 N–H and O–H groups in total. The van der Waals surface area contributed by atoms with Gasteiger partial charge in [0.25, 0.3) is 5.91 Å². The van der Waals surface area contributed by atoms with Crippen LogP contribution in [0.5, 0.6) is 0 Å². The molecule has 1 aromatic carbocycles. The summed E-state index contributed by atoms with van der Waals surface area (Å²) in [5.74, 6) is -3.14. The van der Waals surface area contributed by atoms with Crippen molar-refractivity contribution in [1.29, 1.82) is 0 Å². The van der Waals surface area contributed by atoms with Crippen LogP contribution in [0.2, 0.25) is 0 Å². The molecule has 23 heavy (non-hydrogen) atoms. The fourth-order valence-electron chi connectivity index (χ4n) is 2.16. The molecule has 0 unspecified atom stereocenters. The van der Waals surface area contributed by atoms with E-state index in [9.17, 15) is 18.4 Å². The number of nitrogens with one attached hydrogen (secondary N) is 1. The average Bonchev–Trinajstić information content (AvgIpc) is 2.79. The lowest BCUT2D eigenvalue weighted by molar-refractivity contribution is -0.136. The van der Waals surface area contributed by atoms with E-state index in [4.69, 9.17) is 5.11 Å². The maximum absolute atomic E-state index is 13.9. The third kappa shape index (κ3) is 3.45. The smallest absolute Gasteiger partial charge is 0.337 e. The molecule has 2 rings (SSSR count). The Morgan fingerprint density at radius 2 is 2.17 bits per heavy atom. The van der Waals surface area contributed by atoms with E-state index in [0.717, 1.165) is 13.2 Å². The fourth-order valence-corrected chi connectivity index (χ4v) is 2.44. The second-order valence-corrected chi connectivity index (χ2v) is 5.18. The number of benzene rings is 1. The van der Waals surface area contributed by atoms with E-state index in [1.54, 1.807) is 0 Å². The topological polar surface area (TPSA) is 78.9 Å². The van der Waals surface area contributed by atoms with Gasteiger partial charge in [-0.1, -0.05) is 0 Å². The predicted molar refractivity (Wildman–Crippen MR) is 79.9 cm³/mol. The van der Waals surface area contributed by atoms with Crippen molar-refractivity contribution >= 4 is 30.2 Å². The third-order valence-electron chi connectivity index (χ3n) is 3.24. The van der Waals surface area contributed by atoms with Crippen molar-refractivity contribution in [3.63, 3.8) is 0 Å². The number of carbonyl (C=O) groups is 2. The molecule has 6 nitrogen and oxygen atoms in total. The van der Waals surface area contributed by atoms with Crippen LogP contribution >= 0.6 is 12.6 Å². The summed E-state index contributed by atoms with van der Waals surface area (Å²) in [5.41, 5.74) is -0.432. The average molecular weight is 344 g/mol. The van der Waals surface area contributed by atoms with Gasteiger partial charge in [0.15, 0.2) is 5.82 Å². The first-order chi connectivity index (χ1) is 10.9. The van der Waals surface area contributed by atoms with Crippen LogP contribution < -0.4 is 5.32 Å². The van der Waals surface area contributed by atoms with E-state index in [1.807, 2.05) is 0 Å². The molecule has 0 saturated heterocycles. The summed E-state index contributed by atoms with van der Waals surface area (Å²) in [6.45, 7) is -0.376. The minimum Gasteiger partial charge on any atom is -0.466 e. The van der Waals surface area contributed by atoms with E-state index >= 15 is 0 Å². The van der Waals surface area contributed by atoms with Gasteiger partial charge in [-0.3, -0.25) is 4.79 Å². The quantitative estimate of drug-likeness (QED) is 0.547. The van der Waals surface area contributed by atoms with Gasteiger partial charge in [0.2, 0.25) is 0 Å². The lowest BCUT2D eigenvalue weighted by atomic mass is 10.2. The molecule has 9 heteroatoms. The van der Waals surface area contributed by atoms with E-state index in [1.165, 1.54) is 4.90 Å². The van der Waals surface area contributed by atoms with Gasteiger partial charge in [0.05, 0.1) is 31.5 Å². The van der Waals surface area contributed by atoms with Gasteiger partial charge in [-0.2, -0.15) is 0 Å². The van der Waals surface area contributed by atoms with Crippen molar-refractivity contribution in [2.75, 3.05) is 32.1 Å². The molecule has 0 bridgehead atoms. The molecule has 0 atom stereocenters. The van der Waals surface area contributed by atoms with Gasteiger partial charge < -0.3 is 20.1 Å². The van der Waals surface area contributed by atoms with Gasteiger partial charge in [-0.05, 0) is 6.07 Å². The molecular formula is C14H14F2N2O4S. The molecule has 0 fully saturated rings. The molecule has 0 spiro atoms. The lowest BCUT2D eigenvalue weighted by Crippen LogP contribution is -2.31. The predicted octanol–water partition coefficient (Wildman–Crippen LogP) is 0.927. The molecule has 0 aliphatic carbocycles. The van der Waals surface area contributed by atoms with Crippen molar-refractivity contribution in [1.82, 2.24) is 4.90 Å². The number of thiol groups is 1. The summed E-state index contributed by atoms with van der Waals surface area (Å²) in [6, 6.07) is 1.60. The summed E-state index contributed by atoms with van der Waals surface area (Å²) >= 11 is 3.96. The van der Waals surface area contributed by atoms with Gasteiger partial charge in [-0.15, -0.1) is 12.6 Å². The minimum atomic E-state index is -0.958. The maximum atomic E-state index is 13.9. The highest BCUT2D eigenvalue weighted by Crippen LogP contribution is 2.29. The molecular weight excluding hydrogens is 330 g/mol. The number of esters is 1. The van der Waals surface area contributed by atoms with Crippen molar-refractivity contribution in [2.45, 2.75) is 4.90 Å². The highest BCUT2D eigenvalue weighted by atomic mass is 32.1. The van der Waals surface area contributed by atoms with Crippen molar-refractivity contribution < 1.29 is 28.2 Å². The molecule has 1 aliphatic heterocycles. The van der Waals surface area contributed by atoms with E-state index in [0.29, 0.717) is 6.07 Å². The number of nitrogens with zero attached hydrogens (tertiary/aromatic N) is 1. The largest absolute Gasteiger partial charge is 0.466 e. The molecule has 0 aromatic heterocycles. The molecule has 0 saturated carbocycles. The second-order valence-electron chi connectivity index (χ2n) is 4.70. The van der Waals surface area contributed by atoms with Gasteiger partial charge in [0.1, 0.15) is 11.5 Å². The third-order valence-corrected chi connectivity index (χ3v) is 3.59. The van der Waals surface area contributed by atoms with Crippen LogP contribution in [-0.2, 0) is 14.3 Å². The zero-order valence-corrected chi connectivity index (χ0v) is 13.0. The van der Waals surface area contributed by atoms with Crippen LogP contribution in [0.1, 0.15) is 0 Å². The number of anilines is 1. The summed E-state index contributed by atoms with van der Waals surface area (Å²) in [5, 5.41) is 11.5. The standard InChI is InChI=1S/C14H14F2N2O4S/c1-22-14(21)8-6-18(2-3-19)13(20)11(8)17-12-9(16)4-7(15)5-10(12)23/h4-5,17,19,23H,2-3,6H2,1H3. The number of hydrogen-bond donors (Lipinski definition) is 3. The zero-order valence-electron chi connectivity index (χ0n) is 12.1. The summed E-state index contributed by atoms with van der Waals surface area (Å²) < 4.78 is 31.6.